The number of benzene rings is 1. The van der Waals surface area contributed by atoms with E-state index in [0.717, 1.165) is 5.56 Å². The van der Waals surface area contributed by atoms with E-state index in [-0.39, 0.29) is 0 Å². The van der Waals surface area contributed by atoms with Gasteiger partial charge in [-0.3, -0.25) is 0 Å². The lowest BCUT2D eigenvalue weighted by molar-refractivity contribution is 0.171. The van der Waals surface area contributed by atoms with E-state index in [1.54, 1.807) is 19.1 Å². The minimum Gasteiger partial charge on any atom is -0.452 e. The van der Waals surface area contributed by atoms with Crippen molar-refractivity contribution in [1.82, 2.24) is 5.43 Å². The highest BCUT2D eigenvalue weighted by atomic mass is 16.5. The van der Waals surface area contributed by atoms with E-state index >= 15 is 0 Å². The topological polar surface area (TPSA) is 76.7 Å². The average Bonchev–Trinajstić information content (AvgIpc) is 2.25. The van der Waals surface area contributed by atoms with Crippen molar-refractivity contribution in [2.45, 2.75) is 6.92 Å². The minimum absolute atomic E-state index is 0.599. The van der Waals surface area contributed by atoms with Gasteiger partial charge in [0.15, 0.2) is 0 Å². The van der Waals surface area contributed by atoms with Gasteiger partial charge in [-0.25, -0.2) is 10.2 Å². The summed E-state index contributed by atoms with van der Waals surface area (Å²) in [5.41, 5.74) is 10.0. The summed E-state index contributed by atoms with van der Waals surface area (Å²) >= 11 is 0. The molecule has 0 spiro atoms. The summed E-state index contributed by atoms with van der Waals surface area (Å²) in [6.45, 7) is 1.77. The number of anilines is 1. The molecule has 15 heavy (non-hydrogen) atoms. The van der Waals surface area contributed by atoms with Gasteiger partial charge in [-0.2, -0.15) is 5.10 Å². The molecular weight excluding hydrogens is 194 g/mol. The van der Waals surface area contributed by atoms with Crippen LogP contribution in [0.1, 0.15) is 12.5 Å². The number of hydrogen-bond acceptors (Lipinski definition) is 4. The van der Waals surface area contributed by atoms with Crippen LogP contribution >= 0.6 is 0 Å². The fraction of sp³-hybridized carbons (Fsp3) is 0.200. The summed E-state index contributed by atoms with van der Waals surface area (Å²) in [5.74, 6) is 0. The molecule has 0 aromatic heterocycles. The standard InChI is InChI=1S/C10H13N3O2/c1-7(12-13-10(14)15-2)8-4-3-5-9(11)6-8/h3-6H,11H2,1-2H3,(H,13,14)/b12-7+. The molecule has 1 amide bonds. The highest BCUT2D eigenvalue weighted by molar-refractivity contribution is 5.99. The molecule has 0 saturated carbocycles. The van der Waals surface area contributed by atoms with Crippen LogP contribution in [0.5, 0.6) is 0 Å². The number of hydrogen-bond donors (Lipinski definition) is 2. The molecule has 0 aliphatic heterocycles. The summed E-state index contributed by atoms with van der Waals surface area (Å²) in [6.07, 6.45) is -0.599. The zero-order valence-corrected chi connectivity index (χ0v) is 8.65. The van der Waals surface area contributed by atoms with Gasteiger partial charge < -0.3 is 10.5 Å². The molecule has 0 aliphatic rings. The number of nitrogens with zero attached hydrogens (tertiary/aromatic N) is 1. The summed E-state index contributed by atoms with van der Waals surface area (Å²) in [6, 6.07) is 7.23. The molecule has 3 N–H and O–H groups in total. The highest BCUT2D eigenvalue weighted by Gasteiger charge is 1.99. The zero-order valence-electron chi connectivity index (χ0n) is 8.65. The average molecular weight is 207 g/mol. The first kappa shape index (κ1) is 11.0. The second-order valence-electron chi connectivity index (χ2n) is 2.93. The highest BCUT2D eigenvalue weighted by Crippen LogP contribution is 2.07. The van der Waals surface area contributed by atoms with Gasteiger partial charge in [-0.1, -0.05) is 12.1 Å². The Labute approximate surface area is 87.9 Å². The number of nitrogens with one attached hydrogen (secondary N) is 1. The second kappa shape index (κ2) is 4.99. The van der Waals surface area contributed by atoms with Crippen LogP contribution < -0.4 is 11.2 Å². The summed E-state index contributed by atoms with van der Waals surface area (Å²) in [7, 11) is 1.28. The number of ether oxygens (including phenoxy) is 1. The molecule has 0 bridgehead atoms. The van der Waals surface area contributed by atoms with Gasteiger partial charge in [0.1, 0.15) is 0 Å². The number of nitrogen functional groups attached to an aromatic ring is 1. The Balaban J connectivity index is 2.75. The lowest BCUT2D eigenvalue weighted by atomic mass is 10.1. The Bertz CT molecular complexity index is 388. The van der Waals surface area contributed by atoms with Crippen LogP contribution in [0.2, 0.25) is 0 Å². The monoisotopic (exact) mass is 207 g/mol. The van der Waals surface area contributed by atoms with Crippen molar-refractivity contribution in [2.24, 2.45) is 5.10 Å². The molecular formula is C10H13N3O2. The van der Waals surface area contributed by atoms with Crippen LogP contribution in [-0.2, 0) is 4.74 Å². The predicted octanol–water partition coefficient (Wildman–Crippen LogP) is 1.35. The van der Waals surface area contributed by atoms with Crippen molar-refractivity contribution in [3.8, 4) is 0 Å². The van der Waals surface area contributed by atoms with Crippen molar-refractivity contribution in [3.05, 3.63) is 29.8 Å². The summed E-state index contributed by atoms with van der Waals surface area (Å²) in [5, 5.41) is 3.84. The second-order valence-corrected chi connectivity index (χ2v) is 2.93. The van der Waals surface area contributed by atoms with E-state index in [4.69, 9.17) is 5.73 Å². The lowest BCUT2D eigenvalue weighted by Gasteiger charge is -2.02. The van der Waals surface area contributed by atoms with Gasteiger partial charge in [-0.05, 0) is 24.6 Å². The maximum atomic E-state index is 10.7. The third-order valence-corrected chi connectivity index (χ3v) is 1.80. The third kappa shape index (κ3) is 3.30. The molecule has 0 saturated heterocycles. The van der Waals surface area contributed by atoms with E-state index in [2.05, 4.69) is 15.3 Å². The van der Waals surface area contributed by atoms with Crippen molar-refractivity contribution in [2.75, 3.05) is 12.8 Å². The maximum absolute atomic E-state index is 10.7. The van der Waals surface area contributed by atoms with Gasteiger partial charge >= 0.3 is 6.09 Å². The molecule has 0 fully saturated rings. The first-order valence-corrected chi connectivity index (χ1v) is 4.37. The van der Waals surface area contributed by atoms with Crippen LogP contribution in [0.4, 0.5) is 10.5 Å². The molecule has 0 radical (unpaired) electrons. The van der Waals surface area contributed by atoms with Gasteiger partial charge in [0.05, 0.1) is 12.8 Å². The molecule has 80 valence electrons. The Hall–Kier alpha value is -2.04. The third-order valence-electron chi connectivity index (χ3n) is 1.80. The van der Waals surface area contributed by atoms with E-state index in [1.165, 1.54) is 7.11 Å². The van der Waals surface area contributed by atoms with Gasteiger partial charge in [0.2, 0.25) is 0 Å². The Kier molecular flexibility index (Phi) is 3.68. The van der Waals surface area contributed by atoms with E-state index in [9.17, 15) is 4.79 Å². The fourth-order valence-corrected chi connectivity index (χ4v) is 1.00. The normalized spacial score (nSPS) is 10.9. The predicted molar refractivity (Wildman–Crippen MR) is 58.6 cm³/mol. The molecule has 0 heterocycles. The first-order chi connectivity index (χ1) is 7.13. The van der Waals surface area contributed by atoms with Crippen LogP contribution in [0.15, 0.2) is 29.4 Å². The van der Waals surface area contributed by atoms with E-state index in [1.807, 2.05) is 12.1 Å². The molecule has 0 atom stereocenters. The molecule has 1 aromatic carbocycles. The summed E-state index contributed by atoms with van der Waals surface area (Å²) < 4.78 is 4.38. The Morgan fingerprint density at radius 1 is 1.53 bits per heavy atom. The number of carbonyl (C=O) groups excluding carboxylic acids is 1. The molecule has 5 nitrogen and oxygen atoms in total. The van der Waals surface area contributed by atoms with Crippen molar-refractivity contribution in [3.63, 3.8) is 0 Å². The van der Waals surface area contributed by atoms with Crippen LogP contribution in [0.25, 0.3) is 0 Å². The molecule has 0 aliphatic carbocycles. The lowest BCUT2D eigenvalue weighted by Crippen LogP contribution is -2.18. The maximum Gasteiger partial charge on any atom is 0.427 e. The van der Waals surface area contributed by atoms with E-state index in [0.29, 0.717) is 11.4 Å². The van der Waals surface area contributed by atoms with Gasteiger partial charge in [0, 0.05) is 5.69 Å². The number of amides is 1. The Morgan fingerprint density at radius 3 is 2.87 bits per heavy atom. The van der Waals surface area contributed by atoms with Crippen LogP contribution in [0.3, 0.4) is 0 Å². The number of nitrogens with two attached hydrogens (primary N) is 1. The van der Waals surface area contributed by atoms with E-state index < -0.39 is 6.09 Å². The van der Waals surface area contributed by atoms with Crippen molar-refractivity contribution in [1.29, 1.82) is 0 Å². The molecule has 1 aromatic rings. The molecule has 1 rings (SSSR count). The summed E-state index contributed by atoms with van der Waals surface area (Å²) in [4.78, 5) is 10.7. The van der Waals surface area contributed by atoms with Gasteiger partial charge in [0.25, 0.3) is 0 Å². The Morgan fingerprint density at radius 2 is 2.27 bits per heavy atom. The van der Waals surface area contributed by atoms with Crippen LogP contribution in [-0.4, -0.2) is 18.9 Å². The van der Waals surface area contributed by atoms with Crippen LogP contribution in [0, 0.1) is 0 Å². The van der Waals surface area contributed by atoms with Crippen molar-refractivity contribution >= 4 is 17.5 Å². The first-order valence-electron chi connectivity index (χ1n) is 4.37. The quantitative estimate of drug-likeness (QED) is 0.436. The molecule has 5 heteroatoms. The largest absolute Gasteiger partial charge is 0.452 e. The minimum atomic E-state index is -0.599. The number of rotatable bonds is 2. The van der Waals surface area contributed by atoms with Crippen molar-refractivity contribution < 1.29 is 9.53 Å². The number of hydrazone groups is 1. The SMILES string of the molecule is COC(=O)N/N=C(\C)c1cccc(N)c1. The zero-order chi connectivity index (χ0) is 11.3. The van der Waals surface area contributed by atoms with Gasteiger partial charge in [-0.15, -0.1) is 0 Å². The fourth-order valence-electron chi connectivity index (χ4n) is 1.00. The number of methoxy groups -OCH3 is 1. The molecule has 0 unspecified atom stereocenters. The smallest absolute Gasteiger partial charge is 0.427 e. The number of carbonyl (C=O) groups is 1.